The third-order valence-corrected chi connectivity index (χ3v) is 3.38. The molecule has 3 aromatic rings. The Morgan fingerprint density at radius 3 is 1.54 bits per heavy atom. The van der Waals surface area contributed by atoms with Crippen LogP contribution < -0.4 is 4.89 Å². The highest BCUT2D eigenvalue weighted by Crippen LogP contribution is 2.17. The molecule has 0 aromatic heterocycles. The van der Waals surface area contributed by atoms with E-state index < -0.39 is 8.25 Å². The molecule has 0 amide bonds. The standard InChI is InChI=1S/C12H10.C8H7O3P/c1-3-7-11(8-4-1)12-9-5-2-6-10-12;9-12(10)11-7-6-8-4-2-1-3-5-8/h1-10H;1-7H/b;7-6+. The molecule has 0 bridgehead atoms. The number of hydrogen-bond acceptors (Lipinski definition) is 3. The van der Waals surface area contributed by atoms with Crippen LogP contribution in [0.5, 0.6) is 0 Å². The van der Waals surface area contributed by atoms with Crippen molar-refractivity contribution in [3.63, 3.8) is 0 Å². The van der Waals surface area contributed by atoms with Gasteiger partial charge in [-0.3, -0.25) is 4.52 Å². The average molecular weight is 336 g/mol. The summed E-state index contributed by atoms with van der Waals surface area (Å²) in [5.74, 6) is 0. The zero-order valence-electron chi connectivity index (χ0n) is 13.0. The minimum Gasteiger partial charge on any atom is -0.558 e. The van der Waals surface area contributed by atoms with E-state index in [4.69, 9.17) is 0 Å². The van der Waals surface area contributed by atoms with Gasteiger partial charge in [-0.2, -0.15) is 0 Å². The van der Waals surface area contributed by atoms with Crippen LogP contribution >= 0.6 is 8.25 Å². The van der Waals surface area contributed by atoms with Crippen molar-refractivity contribution in [3.05, 3.63) is 103 Å². The van der Waals surface area contributed by atoms with Crippen molar-refractivity contribution < 1.29 is 14.0 Å². The maximum absolute atomic E-state index is 9.95. The van der Waals surface area contributed by atoms with Crippen LogP contribution in [0.4, 0.5) is 0 Å². The molecule has 0 aliphatic carbocycles. The Labute approximate surface area is 142 Å². The van der Waals surface area contributed by atoms with E-state index >= 15 is 0 Å². The summed E-state index contributed by atoms with van der Waals surface area (Å²) >= 11 is 0. The fourth-order valence-electron chi connectivity index (χ4n) is 1.98. The number of hydrogen-bond donors (Lipinski definition) is 0. The van der Waals surface area contributed by atoms with Crippen molar-refractivity contribution in [2.24, 2.45) is 0 Å². The van der Waals surface area contributed by atoms with Gasteiger partial charge in [0.25, 0.3) is 0 Å². The summed E-state index contributed by atoms with van der Waals surface area (Å²) in [6.07, 6.45) is 2.71. The average Bonchev–Trinajstić information content (AvgIpc) is 2.64. The summed E-state index contributed by atoms with van der Waals surface area (Å²) in [5, 5.41) is 0. The lowest BCUT2D eigenvalue weighted by atomic mass is 10.1. The molecule has 0 saturated carbocycles. The van der Waals surface area contributed by atoms with Gasteiger partial charge in [-0.15, -0.1) is 0 Å². The van der Waals surface area contributed by atoms with E-state index in [0.29, 0.717) is 0 Å². The first kappa shape index (κ1) is 17.6. The van der Waals surface area contributed by atoms with Crippen LogP contribution in [0.1, 0.15) is 5.56 Å². The predicted molar refractivity (Wildman–Crippen MR) is 96.0 cm³/mol. The first-order valence-electron chi connectivity index (χ1n) is 7.39. The van der Waals surface area contributed by atoms with Gasteiger partial charge < -0.3 is 4.89 Å². The maximum Gasteiger partial charge on any atom is 0.538 e. The summed E-state index contributed by atoms with van der Waals surface area (Å²) < 4.78 is 14.2. The highest BCUT2D eigenvalue weighted by Gasteiger charge is 1.93. The van der Waals surface area contributed by atoms with Crippen LogP contribution in [0.2, 0.25) is 0 Å². The zero-order chi connectivity index (χ0) is 17.0. The van der Waals surface area contributed by atoms with Crippen molar-refractivity contribution in [1.82, 2.24) is 0 Å². The molecular formula is C20H17O3P. The summed E-state index contributed by atoms with van der Waals surface area (Å²) in [4.78, 5) is 9.95. The fraction of sp³-hybridized carbons (Fsp3) is 0. The topological polar surface area (TPSA) is 49.4 Å². The van der Waals surface area contributed by atoms with E-state index in [1.54, 1.807) is 6.08 Å². The smallest absolute Gasteiger partial charge is 0.538 e. The molecule has 120 valence electrons. The SMILES string of the molecule is O=[P+]([O-])O/C=C/c1ccccc1.c1ccc(-c2ccccc2)cc1. The molecule has 1 unspecified atom stereocenters. The van der Waals surface area contributed by atoms with Gasteiger partial charge in [0, 0.05) is 0 Å². The molecular weight excluding hydrogens is 319 g/mol. The minimum atomic E-state index is -2.78. The largest absolute Gasteiger partial charge is 0.558 e. The highest BCUT2D eigenvalue weighted by molar-refractivity contribution is 7.30. The van der Waals surface area contributed by atoms with Crippen LogP contribution in [-0.2, 0) is 9.09 Å². The molecule has 0 heterocycles. The first-order valence-corrected chi connectivity index (χ1v) is 8.48. The van der Waals surface area contributed by atoms with Gasteiger partial charge in [0.2, 0.25) is 0 Å². The van der Waals surface area contributed by atoms with Crippen molar-refractivity contribution in [1.29, 1.82) is 0 Å². The monoisotopic (exact) mass is 336 g/mol. The molecule has 1 atom stereocenters. The van der Waals surface area contributed by atoms with E-state index in [2.05, 4.69) is 53.1 Å². The van der Waals surface area contributed by atoms with Crippen LogP contribution in [0.3, 0.4) is 0 Å². The Bertz CT molecular complexity index is 719. The van der Waals surface area contributed by atoms with Gasteiger partial charge in [-0.25, -0.2) is 0 Å². The van der Waals surface area contributed by atoms with Gasteiger partial charge in [-0.1, -0.05) is 91.0 Å². The predicted octanol–water partition coefficient (Wildman–Crippen LogP) is 5.05. The number of benzene rings is 3. The van der Waals surface area contributed by atoms with Gasteiger partial charge >= 0.3 is 8.25 Å². The highest BCUT2D eigenvalue weighted by atomic mass is 31.1. The lowest BCUT2D eigenvalue weighted by molar-refractivity contribution is -0.181. The van der Waals surface area contributed by atoms with Gasteiger partial charge in [0.05, 0.1) is 0 Å². The summed E-state index contributed by atoms with van der Waals surface area (Å²) in [6, 6.07) is 30.1. The van der Waals surface area contributed by atoms with E-state index in [1.807, 2.05) is 42.5 Å². The molecule has 24 heavy (non-hydrogen) atoms. The van der Waals surface area contributed by atoms with Crippen LogP contribution in [-0.4, -0.2) is 0 Å². The van der Waals surface area contributed by atoms with Crippen molar-refractivity contribution in [2.45, 2.75) is 0 Å². The van der Waals surface area contributed by atoms with Gasteiger partial charge in [0.1, 0.15) is 0 Å². The molecule has 0 N–H and O–H groups in total. The normalized spacial score (nSPS) is 10.6. The molecule has 0 saturated heterocycles. The molecule has 0 spiro atoms. The molecule has 4 heteroatoms. The second-order valence-corrected chi connectivity index (χ2v) is 5.43. The van der Waals surface area contributed by atoms with Crippen molar-refractivity contribution >= 4 is 14.3 Å². The Morgan fingerprint density at radius 2 is 1.12 bits per heavy atom. The van der Waals surface area contributed by atoms with E-state index in [1.165, 1.54) is 11.1 Å². The third-order valence-electron chi connectivity index (χ3n) is 3.09. The number of rotatable bonds is 4. The first-order chi connectivity index (χ1) is 11.8. The molecule has 3 nitrogen and oxygen atoms in total. The maximum atomic E-state index is 9.95. The Morgan fingerprint density at radius 1 is 0.708 bits per heavy atom. The lowest BCUT2D eigenvalue weighted by Crippen LogP contribution is -1.84. The second-order valence-electron chi connectivity index (χ2n) is 4.77. The van der Waals surface area contributed by atoms with E-state index in [0.717, 1.165) is 11.8 Å². The van der Waals surface area contributed by atoms with Crippen LogP contribution in [0, 0.1) is 0 Å². The molecule has 0 fully saturated rings. The Kier molecular flexibility index (Phi) is 7.42. The van der Waals surface area contributed by atoms with Crippen molar-refractivity contribution in [3.8, 4) is 11.1 Å². The van der Waals surface area contributed by atoms with E-state index in [-0.39, 0.29) is 0 Å². The third kappa shape index (κ3) is 6.57. The van der Waals surface area contributed by atoms with Crippen molar-refractivity contribution in [2.75, 3.05) is 0 Å². The molecule has 3 aromatic carbocycles. The fourth-order valence-corrected chi connectivity index (χ4v) is 2.14. The molecule has 3 rings (SSSR count). The van der Waals surface area contributed by atoms with Gasteiger partial charge in [-0.05, 0) is 27.3 Å². The lowest BCUT2D eigenvalue weighted by Gasteiger charge is -1.98. The minimum absolute atomic E-state index is 0.898. The summed E-state index contributed by atoms with van der Waals surface area (Å²) in [6.45, 7) is 0. The zero-order valence-corrected chi connectivity index (χ0v) is 13.9. The summed E-state index contributed by atoms with van der Waals surface area (Å²) in [7, 11) is -2.78. The Hall–Kier alpha value is -2.74. The quantitative estimate of drug-likeness (QED) is 0.495. The molecule has 0 radical (unpaired) electrons. The van der Waals surface area contributed by atoms with Crippen LogP contribution in [0.25, 0.3) is 17.2 Å². The van der Waals surface area contributed by atoms with E-state index in [9.17, 15) is 9.46 Å². The Balaban J connectivity index is 0.000000174. The second kappa shape index (κ2) is 10.1. The van der Waals surface area contributed by atoms with Crippen LogP contribution in [0.15, 0.2) is 97.3 Å². The molecule has 0 aliphatic heterocycles. The van der Waals surface area contributed by atoms with Gasteiger partial charge in [0.15, 0.2) is 6.26 Å². The summed E-state index contributed by atoms with van der Waals surface area (Å²) in [5.41, 5.74) is 3.45. The molecule has 0 aliphatic rings.